The molecule has 0 fully saturated rings. The molecule has 0 radical (unpaired) electrons. The summed E-state index contributed by atoms with van der Waals surface area (Å²) in [7, 11) is 0. The number of hydrogen-bond donors (Lipinski definition) is 2. The third-order valence-electron chi connectivity index (χ3n) is 1.01. The highest BCUT2D eigenvalue weighted by Crippen LogP contribution is 1.76. The van der Waals surface area contributed by atoms with E-state index >= 15 is 0 Å². The van der Waals surface area contributed by atoms with E-state index < -0.39 is 11.9 Å². The molecule has 0 aromatic heterocycles. The van der Waals surface area contributed by atoms with Crippen molar-refractivity contribution in [2.45, 2.75) is 26.7 Å². The molecule has 0 bridgehead atoms. The Morgan fingerprint density at radius 1 is 1.00 bits per heavy atom. The Balaban J connectivity index is -0.000000162. The van der Waals surface area contributed by atoms with Crippen molar-refractivity contribution in [2.75, 3.05) is 0 Å². The summed E-state index contributed by atoms with van der Waals surface area (Å²) in [6.45, 7) is 10.4. The minimum Gasteiger partial charge on any atom is -0.296 e. The van der Waals surface area contributed by atoms with Crippen LogP contribution in [0.2, 0.25) is 0 Å². The van der Waals surface area contributed by atoms with Crippen LogP contribution in [0.15, 0.2) is 25.3 Å². The Labute approximate surface area is 94.7 Å². The van der Waals surface area contributed by atoms with Crippen molar-refractivity contribution in [1.82, 2.24) is 0 Å². The van der Waals surface area contributed by atoms with Crippen molar-refractivity contribution in [1.29, 1.82) is 0 Å². The summed E-state index contributed by atoms with van der Waals surface area (Å²) in [5.41, 5.74) is 0. The summed E-state index contributed by atoms with van der Waals surface area (Å²) in [6.07, 6.45) is 4.36. The van der Waals surface area contributed by atoms with Gasteiger partial charge in [-0.15, -0.1) is 0 Å². The summed E-state index contributed by atoms with van der Waals surface area (Å²) in [4.78, 5) is 25.5. The van der Waals surface area contributed by atoms with Crippen LogP contribution in [0.3, 0.4) is 0 Å². The van der Waals surface area contributed by atoms with Gasteiger partial charge in [-0.05, 0) is 0 Å². The first-order valence-corrected chi connectivity index (χ1v) is 4.49. The van der Waals surface area contributed by atoms with E-state index in [1.165, 1.54) is 12.8 Å². The topological polar surface area (TPSA) is 93.1 Å². The van der Waals surface area contributed by atoms with Crippen LogP contribution in [-0.2, 0) is 19.4 Å². The molecule has 0 rings (SSSR count). The maximum absolute atomic E-state index is 9.59. The quantitative estimate of drug-likeness (QED) is 0.441. The molecule has 0 aromatic rings. The second-order valence-electron chi connectivity index (χ2n) is 2.23. The van der Waals surface area contributed by atoms with Crippen LogP contribution >= 0.6 is 0 Å². The average molecular weight is 234 g/mol. The minimum absolute atomic E-state index is 0.838. The molecule has 0 amide bonds. The maximum atomic E-state index is 9.59. The summed E-state index contributed by atoms with van der Waals surface area (Å²) in [6, 6.07) is 0. The second-order valence-corrected chi connectivity index (χ2v) is 2.23. The Hall–Kier alpha value is -1.66. The molecule has 94 valence electrons. The van der Waals surface area contributed by atoms with Gasteiger partial charge in [0.15, 0.2) is 0 Å². The first kappa shape index (κ1) is 19.8. The Morgan fingerprint density at radius 3 is 1.25 bits per heavy atom. The van der Waals surface area contributed by atoms with E-state index in [0.29, 0.717) is 0 Å². The molecule has 0 heterocycles. The van der Waals surface area contributed by atoms with Crippen LogP contribution in [0.5, 0.6) is 0 Å². The van der Waals surface area contributed by atoms with Crippen LogP contribution in [0, 0.1) is 0 Å². The van der Waals surface area contributed by atoms with Gasteiger partial charge < -0.3 is 0 Å². The average Bonchev–Trinajstić information content (AvgIpc) is 2.37. The fourth-order valence-corrected chi connectivity index (χ4v) is 0.0745. The third kappa shape index (κ3) is 29.5. The van der Waals surface area contributed by atoms with Gasteiger partial charge in [0.05, 0.1) is 0 Å². The predicted octanol–water partition coefficient (Wildman–Crippen LogP) is 2.18. The van der Waals surface area contributed by atoms with Crippen molar-refractivity contribution >= 4 is 11.9 Å². The lowest BCUT2D eigenvalue weighted by Crippen LogP contribution is -1.92. The normalized spacial score (nSPS) is 7.00. The zero-order chi connectivity index (χ0) is 13.4. The van der Waals surface area contributed by atoms with Gasteiger partial charge in [-0.2, -0.15) is 10.5 Å². The molecule has 0 aliphatic heterocycles. The molecular formula is C10H18O6. The van der Waals surface area contributed by atoms with Gasteiger partial charge >= 0.3 is 11.9 Å². The zero-order valence-electron chi connectivity index (χ0n) is 9.51. The van der Waals surface area contributed by atoms with Crippen molar-refractivity contribution in [3.63, 3.8) is 0 Å². The highest BCUT2D eigenvalue weighted by Gasteiger charge is 1.85. The largest absolute Gasteiger partial charge is 0.365 e. The molecule has 0 saturated heterocycles. The lowest BCUT2D eigenvalue weighted by molar-refractivity contribution is -0.228. The SMILES string of the molecule is C=CC(=O)OO.C=CC(=O)OO.CCCC. The molecule has 0 atom stereocenters. The molecule has 2 N–H and O–H groups in total. The van der Waals surface area contributed by atoms with Gasteiger partial charge in [0.25, 0.3) is 0 Å². The third-order valence-corrected chi connectivity index (χ3v) is 1.01. The Bertz CT molecular complexity index is 177. The standard InChI is InChI=1S/C4H10.2C3H4O3/c1-3-4-2;2*1-2-3(4)6-5/h3-4H2,1-2H3;2*2,5H,1H2. The first-order valence-electron chi connectivity index (χ1n) is 4.49. The van der Waals surface area contributed by atoms with Gasteiger partial charge in [0, 0.05) is 12.2 Å². The maximum Gasteiger partial charge on any atom is 0.365 e. The van der Waals surface area contributed by atoms with E-state index in [4.69, 9.17) is 10.5 Å². The number of hydrogen-bond acceptors (Lipinski definition) is 6. The van der Waals surface area contributed by atoms with Crippen molar-refractivity contribution in [3.8, 4) is 0 Å². The van der Waals surface area contributed by atoms with E-state index in [0.717, 1.165) is 12.2 Å². The highest BCUT2D eigenvalue weighted by molar-refractivity contribution is 5.80. The fourth-order valence-electron chi connectivity index (χ4n) is 0.0745. The second kappa shape index (κ2) is 19.0. The zero-order valence-corrected chi connectivity index (χ0v) is 9.51. The van der Waals surface area contributed by atoms with Gasteiger partial charge in [-0.25, -0.2) is 9.59 Å². The van der Waals surface area contributed by atoms with Crippen LogP contribution in [0.25, 0.3) is 0 Å². The van der Waals surface area contributed by atoms with Crippen molar-refractivity contribution in [2.24, 2.45) is 0 Å². The molecular weight excluding hydrogens is 216 g/mol. The Morgan fingerprint density at radius 2 is 1.25 bits per heavy atom. The summed E-state index contributed by atoms with van der Waals surface area (Å²) in [5.74, 6) is -1.68. The molecule has 0 aliphatic rings. The predicted molar refractivity (Wildman–Crippen MR) is 58.4 cm³/mol. The van der Waals surface area contributed by atoms with E-state index in [1.54, 1.807) is 0 Å². The summed E-state index contributed by atoms with van der Waals surface area (Å²) < 4.78 is 0. The van der Waals surface area contributed by atoms with Crippen LogP contribution in [0.1, 0.15) is 26.7 Å². The fraction of sp³-hybridized carbons (Fsp3) is 0.400. The molecule has 16 heavy (non-hydrogen) atoms. The van der Waals surface area contributed by atoms with E-state index in [9.17, 15) is 9.59 Å². The van der Waals surface area contributed by atoms with E-state index in [1.807, 2.05) is 0 Å². The van der Waals surface area contributed by atoms with E-state index in [2.05, 4.69) is 36.8 Å². The monoisotopic (exact) mass is 234 g/mol. The van der Waals surface area contributed by atoms with Crippen LogP contribution in [-0.4, -0.2) is 22.5 Å². The number of rotatable bonds is 3. The Kier molecular flexibility index (Phi) is 23.6. The molecule has 0 spiro atoms. The molecule has 0 saturated carbocycles. The van der Waals surface area contributed by atoms with Gasteiger partial charge in [-0.3, -0.25) is 9.78 Å². The lowest BCUT2D eigenvalue weighted by atomic mass is 10.4. The first-order chi connectivity index (χ1) is 7.53. The molecule has 0 aliphatic carbocycles. The van der Waals surface area contributed by atoms with Crippen molar-refractivity contribution in [3.05, 3.63) is 25.3 Å². The van der Waals surface area contributed by atoms with Crippen molar-refractivity contribution < 1.29 is 29.9 Å². The molecule has 0 unspecified atom stereocenters. The number of carbonyl (C=O) groups is 2. The number of carbonyl (C=O) groups excluding carboxylic acids is 2. The summed E-state index contributed by atoms with van der Waals surface area (Å²) in [5, 5.41) is 14.8. The van der Waals surface area contributed by atoms with Crippen LogP contribution < -0.4 is 0 Å². The molecule has 6 nitrogen and oxygen atoms in total. The van der Waals surface area contributed by atoms with Gasteiger partial charge in [-0.1, -0.05) is 39.8 Å². The van der Waals surface area contributed by atoms with E-state index in [-0.39, 0.29) is 0 Å². The minimum atomic E-state index is -0.838. The molecule has 0 aromatic carbocycles. The lowest BCUT2D eigenvalue weighted by Gasteiger charge is -1.78. The number of unbranched alkanes of at least 4 members (excludes halogenated alkanes) is 1. The smallest absolute Gasteiger partial charge is 0.296 e. The van der Waals surface area contributed by atoms with Gasteiger partial charge in [0.2, 0.25) is 0 Å². The summed E-state index contributed by atoms with van der Waals surface area (Å²) >= 11 is 0. The molecule has 6 heteroatoms. The van der Waals surface area contributed by atoms with Gasteiger partial charge in [0.1, 0.15) is 0 Å². The van der Waals surface area contributed by atoms with Crippen LogP contribution in [0.4, 0.5) is 0 Å². The highest BCUT2D eigenvalue weighted by atomic mass is 17.1.